The Morgan fingerprint density at radius 3 is 1.90 bits per heavy atom. The summed E-state index contributed by atoms with van der Waals surface area (Å²) in [5, 5.41) is 0. The highest BCUT2D eigenvalue weighted by Gasteiger charge is 2.61. The third-order valence-electron chi connectivity index (χ3n) is 12.2. The third kappa shape index (κ3) is 9.54. The molecule has 4 fully saturated rings. The fraction of sp³-hybridized carbons (Fsp3) is 0.838. The van der Waals surface area contributed by atoms with E-state index in [0.717, 1.165) is 51.4 Å². The van der Waals surface area contributed by atoms with Gasteiger partial charge < -0.3 is 28.4 Å². The van der Waals surface area contributed by atoms with Crippen LogP contribution in [-0.4, -0.2) is 67.5 Å². The van der Waals surface area contributed by atoms with Gasteiger partial charge in [-0.3, -0.25) is 24.0 Å². The minimum atomic E-state index is -1.18. The topological polar surface area (TPSA) is 158 Å². The van der Waals surface area contributed by atoms with Crippen LogP contribution in [0.15, 0.2) is 0 Å². The first-order valence-electron chi connectivity index (χ1n) is 18.0. The van der Waals surface area contributed by atoms with E-state index in [1.54, 1.807) is 13.8 Å². The highest BCUT2D eigenvalue weighted by molar-refractivity contribution is 5.79. The van der Waals surface area contributed by atoms with Crippen molar-refractivity contribution in [3.63, 3.8) is 0 Å². The van der Waals surface area contributed by atoms with E-state index in [0.29, 0.717) is 29.5 Å². The quantitative estimate of drug-likeness (QED) is 0.124. The molecule has 0 aromatic rings. The molecule has 276 valence electrons. The number of esters is 4. The maximum Gasteiger partial charge on any atom is 0.511 e. The predicted molar refractivity (Wildman–Crippen MR) is 174 cm³/mol. The molecule has 0 N–H and O–H groups in total. The molecule has 0 amide bonds. The lowest BCUT2D eigenvalue weighted by atomic mass is 9.44. The van der Waals surface area contributed by atoms with Crippen molar-refractivity contribution in [1.29, 1.82) is 0 Å². The van der Waals surface area contributed by atoms with Crippen molar-refractivity contribution in [2.75, 3.05) is 13.2 Å². The molecule has 0 aromatic carbocycles. The fourth-order valence-electron chi connectivity index (χ4n) is 9.96. The molecule has 12 nitrogen and oxygen atoms in total. The van der Waals surface area contributed by atoms with Crippen molar-refractivity contribution in [1.82, 2.24) is 0 Å². The predicted octanol–water partition coefficient (Wildman–Crippen LogP) is 6.10. The number of fused-ring (bicyclic) bond motifs is 5. The Morgan fingerprint density at radius 2 is 1.29 bits per heavy atom. The van der Waals surface area contributed by atoms with Crippen LogP contribution in [0.1, 0.15) is 119 Å². The second-order valence-corrected chi connectivity index (χ2v) is 15.6. The number of hydrogen-bond acceptors (Lipinski definition) is 12. The van der Waals surface area contributed by atoms with Gasteiger partial charge in [-0.1, -0.05) is 20.8 Å². The van der Waals surface area contributed by atoms with Crippen molar-refractivity contribution in [2.24, 2.45) is 46.3 Å². The van der Waals surface area contributed by atoms with Crippen molar-refractivity contribution in [3.05, 3.63) is 0 Å². The van der Waals surface area contributed by atoms with Gasteiger partial charge in [-0.25, -0.2) is 4.79 Å². The summed E-state index contributed by atoms with van der Waals surface area (Å²) in [6.07, 6.45) is 5.68. The maximum absolute atomic E-state index is 12.7. The molecular formula is C37H56O12. The second-order valence-electron chi connectivity index (χ2n) is 15.6. The molecule has 49 heavy (non-hydrogen) atoms. The molecule has 4 rings (SSSR count). The van der Waals surface area contributed by atoms with Crippen LogP contribution in [0.25, 0.3) is 0 Å². The Kier molecular flexibility index (Phi) is 12.8. The van der Waals surface area contributed by atoms with Crippen molar-refractivity contribution >= 4 is 35.8 Å². The highest BCUT2D eigenvalue weighted by atomic mass is 16.8. The Balaban J connectivity index is 1.18. The number of rotatable bonds is 13. The lowest BCUT2D eigenvalue weighted by Crippen LogP contribution is -2.54. The molecule has 0 heterocycles. The van der Waals surface area contributed by atoms with Crippen molar-refractivity contribution in [2.45, 2.75) is 138 Å². The maximum atomic E-state index is 12.7. The van der Waals surface area contributed by atoms with E-state index in [1.165, 1.54) is 27.2 Å². The number of carbonyl (C=O) groups is 6. The molecule has 0 aliphatic heterocycles. The van der Waals surface area contributed by atoms with E-state index >= 15 is 0 Å². The van der Waals surface area contributed by atoms with E-state index < -0.39 is 48.3 Å². The number of ether oxygens (including phenoxy) is 6. The van der Waals surface area contributed by atoms with Crippen LogP contribution < -0.4 is 0 Å². The summed E-state index contributed by atoms with van der Waals surface area (Å²) >= 11 is 0. The van der Waals surface area contributed by atoms with Gasteiger partial charge in [0.2, 0.25) is 6.29 Å². The molecule has 0 spiro atoms. The van der Waals surface area contributed by atoms with Gasteiger partial charge in [0.25, 0.3) is 0 Å². The molecule has 12 heteroatoms. The number of hydrogen-bond donors (Lipinski definition) is 0. The summed E-state index contributed by atoms with van der Waals surface area (Å²) in [5.74, 6) is -0.0428. The summed E-state index contributed by atoms with van der Waals surface area (Å²) in [4.78, 5) is 72.3. The summed E-state index contributed by atoms with van der Waals surface area (Å²) in [6, 6.07) is 0. The van der Waals surface area contributed by atoms with Crippen LogP contribution in [0.2, 0.25) is 0 Å². The van der Waals surface area contributed by atoms with E-state index in [-0.39, 0.29) is 48.9 Å². The molecule has 0 saturated heterocycles. The minimum absolute atomic E-state index is 0.134. The van der Waals surface area contributed by atoms with Gasteiger partial charge in [-0.2, -0.15) is 0 Å². The van der Waals surface area contributed by atoms with Crippen LogP contribution in [0.5, 0.6) is 0 Å². The van der Waals surface area contributed by atoms with Gasteiger partial charge in [-0.15, -0.1) is 0 Å². The Bertz CT molecular complexity index is 1230. The molecule has 10 atom stereocenters. The largest absolute Gasteiger partial charge is 0.511 e. The first-order chi connectivity index (χ1) is 23.0. The van der Waals surface area contributed by atoms with Gasteiger partial charge in [0.05, 0.1) is 0 Å². The zero-order valence-electron chi connectivity index (χ0n) is 30.3. The SMILES string of the molecule is CC(=O)OCC(COC(C)=O)OC(=O)CC(C)CC(=O)OC(C)OC(=O)O[C@@H]1CC[C@@]2(C)[C@@H](CC[C@@H]3[C@@H]2CC[C@]2(C)[C@@H](C(C)=O)CC[C@@H]32)C1. The first-order valence-corrected chi connectivity index (χ1v) is 18.0. The van der Waals surface area contributed by atoms with Crippen LogP contribution in [0.4, 0.5) is 4.79 Å². The minimum Gasteiger partial charge on any atom is -0.462 e. The summed E-state index contributed by atoms with van der Waals surface area (Å²) in [6.45, 7) is 11.5. The molecule has 0 aromatic heterocycles. The molecular weight excluding hydrogens is 636 g/mol. The standard InChI is InChI=1S/C37H56O12/c1-21(17-34(42)48-28(19-44-23(3)39)20-45-24(4)40)16-33(41)46-25(5)47-35(43)49-27-12-14-36(6)26(18-27)8-9-29-31-11-10-30(22(2)38)37(31,7)15-13-32(29)36/h21,25-32H,8-20H2,1-7H3/t21?,25?,26-,27+,29-,30+,31-,32-,36-,37+/m0/s1. The number of carbonyl (C=O) groups excluding carboxylic acids is 6. The zero-order valence-corrected chi connectivity index (χ0v) is 30.3. The molecule has 4 saturated carbocycles. The van der Waals surface area contributed by atoms with E-state index in [1.807, 2.05) is 0 Å². The van der Waals surface area contributed by atoms with Crippen molar-refractivity contribution < 1.29 is 57.2 Å². The van der Waals surface area contributed by atoms with E-state index in [9.17, 15) is 28.8 Å². The number of ketones is 1. The molecule has 4 aliphatic carbocycles. The Morgan fingerprint density at radius 1 is 0.694 bits per heavy atom. The Hall–Kier alpha value is -3.18. The lowest BCUT2D eigenvalue weighted by Gasteiger charge is -2.61. The van der Waals surface area contributed by atoms with Crippen LogP contribution in [0.3, 0.4) is 0 Å². The average molecular weight is 693 g/mol. The van der Waals surface area contributed by atoms with Gasteiger partial charge >= 0.3 is 30.0 Å². The highest BCUT2D eigenvalue weighted by Crippen LogP contribution is 2.67. The van der Waals surface area contributed by atoms with Gasteiger partial charge in [-0.05, 0) is 105 Å². The van der Waals surface area contributed by atoms with Crippen LogP contribution in [-0.2, 0) is 52.4 Å². The fourth-order valence-corrected chi connectivity index (χ4v) is 9.96. The van der Waals surface area contributed by atoms with Gasteiger partial charge in [0.1, 0.15) is 25.1 Å². The van der Waals surface area contributed by atoms with Crippen LogP contribution in [0, 0.1) is 46.3 Å². The van der Waals surface area contributed by atoms with Gasteiger partial charge in [0.15, 0.2) is 6.10 Å². The van der Waals surface area contributed by atoms with Crippen molar-refractivity contribution in [3.8, 4) is 0 Å². The summed E-state index contributed by atoms with van der Waals surface area (Å²) in [7, 11) is 0. The second kappa shape index (κ2) is 16.2. The third-order valence-corrected chi connectivity index (χ3v) is 12.2. The normalized spacial score (nSPS) is 33.1. The van der Waals surface area contributed by atoms with Crippen LogP contribution >= 0.6 is 0 Å². The summed E-state index contributed by atoms with van der Waals surface area (Å²) < 4.78 is 31.2. The molecule has 2 unspecified atom stereocenters. The van der Waals surface area contributed by atoms with E-state index in [2.05, 4.69) is 13.8 Å². The zero-order chi connectivity index (χ0) is 36.1. The Labute approximate surface area is 290 Å². The molecule has 0 bridgehead atoms. The smallest absolute Gasteiger partial charge is 0.462 e. The first kappa shape index (κ1) is 38.6. The number of Topliss-reactive ketones (excluding diaryl/α,β-unsaturated/α-hetero) is 1. The van der Waals surface area contributed by atoms with E-state index in [4.69, 9.17) is 28.4 Å². The summed E-state index contributed by atoms with van der Waals surface area (Å²) in [5.41, 5.74) is 0.328. The molecule has 4 aliphatic rings. The monoisotopic (exact) mass is 692 g/mol. The van der Waals surface area contributed by atoms with Gasteiger partial charge in [0, 0.05) is 39.5 Å². The molecule has 0 radical (unpaired) electrons. The average Bonchev–Trinajstić information content (AvgIpc) is 3.35. The lowest BCUT2D eigenvalue weighted by molar-refractivity contribution is -0.173.